The Morgan fingerprint density at radius 3 is 3.08 bits per heavy atom. The van der Waals surface area contributed by atoms with Crippen LogP contribution in [0.5, 0.6) is 0 Å². The van der Waals surface area contributed by atoms with Gasteiger partial charge in [0, 0.05) is 17.1 Å². The molecule has 0 saturated heterocycles. The van der Waals surface area contributed by atoms with Crippen LogP contribution in [0.1, 0.15) is 19.8 Å². The Bertz CT molecular complexity index is 248. The van der Waals surface area contributed by atoms with Crippen molar-refractivity contribution in [2.75, 3.05) is 0 Å². The van der Waals surface area contributed by atoms with Crippen molar-refractivity contribution in [3.8, 4) is 0 Å². The summed E-state index contributed by atoms with van der Waals surface area (Å²) >= 11 is 0. The van der Waals surface area contributed by atoms with Gasteiger partial charge in [-0.1, -0.05) is 0 Å². The zero-order chi connectivity index (χ0) is 9.14. The van der Waals surface area contributed by atoms with E-state index in [9.17, 15) is 10.1 Å². The lowest BCUT2D eigenvalue weighted by Crippen LogP contribution is -2.35. The van der Waals surface area contributed by atoms with Crippen molar-refractivity contribution in [3.05, 3.63) is 10.1 Å². The van der Waals surface area contributed by atoms with Gasteiger partial charge in [-0.25, -0.2) is 0 Å². The standard InChI is InChI=1S/C6H10N4O2/c1-4-2-3-5(10(11)12)6(7)9-8-4/h5H,2-3H2,1H3,(H2,7,9). The number of hydrogen-bond acceptors (Lipinski definition) is 4. The second-order valence-corrected chi connectivity index (χ2v) is 2.71. The summed E-state index contributed by atoms with van der Waals surface area (Å²) in [4.78, 5) is 9.94. The molecule has 12 heavy (non-hydrogen) atoms. The third kappa shape index (κ3) is 1.77. The molecule has 1 aliphatic rings. The lowest BCUT2D eigenvalue weighted by Gasteiger charge is -2.04. The first-order valence-corrected chi connectivity index (χ1v) is 3.62. The summed E-state index contributed by atoms with van der Waals surface area (Å²) in [6.07, 6.45) is 0.926. The smallest absolute Gasteiger partial charge is 0.270 e. The molecule has 0 fully saturated rings. The maximum absolute atomic E-state index is 10.4. The monoisotopic (exact) mass is 170 g/mol. The first kappa shape index (κ1) is 8.63. The number of hydrogen-bond donors (Lipinski definition) is 2. The van der Waals surface area contributed by atoms with Gasteiger partial charge in [-0.2, -0.15) is 5.10 Å². The van der Waals surface area contributed by atoms with E-state index < -0.39 is 11.0 Å². The predicted octanol–water partition coefficient (Wildman–Crippen LogP) is 0.368. The molecule has 1 unspecified atom stereocenters. The highest BCUT2D eigenvalue weighted by molar-refractivity contribution is 5.89. The van der Waals surface area contributed by atoms with Crippen LogP contribution in [0.2, 0.25) is 0 Å². The molecule has 0 radical (unpaired) electrons. The molecule has 6 heteroatoms. The van der Waals surface area contributed by atoms with Gasteiger partial charge in [0.05, 0.1) is 0 Å². The molecular weight excluding hydrogens is 160 g/mol. The molecule has 1 aliphatic heterocycles. The van der Waals surface area contributed by atoms with Crippen LogP contribution >= 0.6 is 0 Å². The minimum atomic E-state index is -0.925. The summed E-state index contributed by atoms with van der Waals surface area (Å²) in [7, 11) is 0. The summed E-state index contributed by atoms with van der Waals surface area (Å²) < 4.78 is 0. The van der Waals surface area contributed by atoms with Crippen LogP contribution in [0.4, 0.5) is 0 Å². The molecule has 2 N–H and O–H groups in total. The first-order chi connectivity index (χ1) is 5.61. The maximum Gasteiger partial charge on any atom is 0.270 e. The number of amidine groups is 1. The van der Waals surface area contributed by atoms with Gasteiger partial charge in [0.2, 0.25) is 0 Å². The molecule has 66 valence electrons. The van der Waals surface area contributed by atoms with E-state index in [0.29, 0.717) is 12.8 Å². The van der Waals surface area contributed by atoms with E-state index in [2.05, 4.69) is 10.5 Å². The Morgan fingerprint density at radius 1 is 1.83 bits per heavy atom. The first-order valence-electron chi connectivity index (χ1n) is 3.62. The zero-order valence-corrected chi connectivity index (χ0v) is 6.70. The molecule has 0 aromatic carbocycles. The van der Waals surface area contributed by atoms with Crippen molar-refractivity contribution in [2.45, 2.75) is 25.8 Å². The average Bonchev–Trinajstić information content (AvgIpc) is 2.14. The summed E-state index contributed by atoms with van der Waals surface area (Å²) in [5.41, 5.74) is 3.15. The molecule has 1 heterocycles. The minimum Gasteiger partial charge on any atom is -0.281 e. The van der Waals surface area contributed by atoms with Crippen molar-refractivity contribution < 1.29 is 4.92 Å². The Hall–Kier alpha value is -1.46. The number of hydrazone groups is 1. The van der Waals surface area contributed by atoms with Crippen molar-refractivity contribution >= 4 is 11.5 Å². The van der Waals surface area contributed by atoms with Gasteiger partial charge in [0.25, 0.3) is 6.04 Å². The van der Waals surface area contributed by atoms with Crippen LogP contribution < -0.4 is 5.43 Å². The van der Waals surface area contributed by atoms with E-state index in [1.165, 1.54) is 0 Å². The van der Waals surface area contributed by atoms with Crippen molar-refractivity contribution in [3.63, 3.8) is 0 Å². The number of nitrogens with one attached hydrogen (secondary N) is 2. The molecule has 0 spiro atoms. The third-order valence-electron chi connectivity index (χ3n) is 1.73. The molecular formula is C6H10N4O2. The molecule has 0 aromatic heterocycles. The van der Waals surface area contributed by atoms with Gasteiger partial charge >= 0.3 is 0 Å². The molecule has 0 amide bonds. The van der Waals surface area contributed by atoms with E-state index in [-0.39, 0.29) is 5.84 Å². The Balaban J connectivity index is 2.71. The lowest BCUT2D eigenvalue weighted by atomic mass is 10.1. The van der Waals surface area contributed by atoms with Crippen molar-refractivity contribution in [1.29, 1.82) is 5.41 Å². The quantitative estimate of drug-likeness (QED) is 0.440. The van der Waals surface area contributed by atoms with Gasteiger partial charge in [0.15, 0.2) is 5.84 Å². The molecule has 1 rings (SSSR count). The third-order valence-corrected chi connectivity index (χ3v) is 1.73. The molecule has 0 aliphatic carbocycles. The lowest BCUT2D eigenvalue weighted by molar-refractivity contribution is -0.504. The van der Waals surface area contributed by atoms with Gasteiger partial charge in [-0.3, -0.25) is 20.9 Å². The van der Waals surface area contributed by atoms with Crippen molar-refractivity contribution in [1.82, 2.24) is 5.43 Å². The molecule has 0 aromatic rings. The van der Waals surface area contributed by atoms with Crippen LogP contribution in [-0.2, 0) is 0 Å². The van der Waals surface area contributed by atoms with E-state index in [1.54, 1.807) is 6.92 Å². The molecule has 0 saturated carbocycles. The summed E-state index contributed by atoms with van der Waals surface area (Å²) in [5, 5.41) is 21.4. The summed E-state index contributed by atoms with van der Waals surface area (Å²) in [6.45, 7) is 1.78. The number of nitro groups is 1. The molecule has 1 atom stereocenters. The number of nitrogens with zero attached hydrogens (tertiary/aromatic N) is 2. The largest absolute Gasteiger partial charge is 0.281 e. The van der Waals surface area contributed by atoms with E-state index >= 15 is 0 Å². The van der Waals surface area contributed by atoms with Gasteiger partial charge in [-0.05, 0) is 13.3 Å². The minimum absolute atomic E-state index is 0.128. The highest BCUT2D eigenvalue weighted by Gasteiger charge is 2.27. The van der Waals surface area contributed by atoms with Gasteiger partial charge in [0.1, 0.15) is 0 Å². The van der Waals surface area contributed by atoms with Crippen LogP contribution in [0, 0.1) is 15.5 Å². The van der Waals surface area contributed by atoms with E-state index in [4.69, 9.17) is 5.41 Å². The van der Waals surface area contributed by atoms with Crippen LogP contribution in [0.25, 0.3) is 0 Å². The van der Waals surface area contributed by atoms with E-state index in [1.807, 2.05) is 0 Å². The van der Waals surface area contributed by atoms with Gasteiger partial charge < -0.3 is 0 Å². The molecule has 0 bridgehead atoms. The fourth-order valence-corrected chi connectivity index (χ4v) is 0.987. The van der Waals surface area contributed by atoms with Crippen LogP contribution in [0.3, 0.4) is 0 Å². The zero-order valence-electron chi connectivity index (χ0n) is 6.70. The number of rotatable bonds is 1. The normalized spacial score (nSPS) is 23.9. The topological polar surface area (TPSA) is 91.4 Å². The fraction of sp³-hybridized carbons (Fsp3) is 0.667. The highest BCUT2D eigenvalue weighted by Crippen LogP contribution is 2.06. The highest BCUT2D eigenvalue weighted by atomic mass is 16.6. The average molecular weight is 170 g/mol. The van der Waals surface area contributed by atoms with E-state index in [0.717, 1.165) is 5.71 Å². The second kappa shape index (κ2) is 3.29. The maximum atomic E-state index is 10.4. The van der Waals surface area contributed by atoms with Crippen LogP contribution in [0.15, 0.2) is 5.10 Å². The summed E-state index contributed by atoms with van der Waals surface area (Å²) in [5.74, 6) is -0.128. The Morgan fingerprint density at radius 2 is 2.50 bits per heavy atom. The molecule has 6 nitrogen and oxygen atoms in total. The van der Waals surface area contributed by atoms with Crippen LogP contribution in [-0.4, -0.2) is 22.5 Å². The van der Waals surface area contributed by atoms with Gasteiger partial charge in [-0.15, -0.1) is 0 Å². The fourth-order valence-electron chi connectivity index (χ4n) is 0.987. The Kier molecular flexibility index (Phi) is 2.37. The van der Waals surface area contributed by atoms with Crippen molar-refractivity contribution in [2.24, 2.45) is 5.10 Å². The second-order valence-electron chi connectivity index (χ2n) is 2.71. The summed E-state index contributed by atoms with van der Waals surface area (Å²) in [6, 6.07) is -0.925. The predicted molar refractivity (Wildman–Crippen MR) is 44.0 cm³/mol. The SMILES string of the molecule is CC1=NNC(=N)C([N+](=O)[O-])CC1. The Labute approximate surface area is 69.3 Å².